The normalized spacial score (nSPS) is 15.9. The lowest BCUT2D eigenvalue weighted by molar-refractivity contribution is -0.121. The van der Waals surface area contributed by atoms with Crippen LogP contribution in [-0.2, 0) is 9.53 Å². The Hall–Kier alpha value is -1.59. The monoisotopic (exact) mass is 264 g/mol. The van der Waals surface area contributed by atoms with Crippen LogP contribution in [0.4, 0.5) is 5.69 Å². The number of benzene rings is 1. The third-order valence-electron chi connectivity index (χ3n) is 3.15. The molecule has 0 saturated carbocycles. The lowest BCUT2D eigenvalue weighted by Crippen LogP contribution is -2.41. The maximum Gasteiger partial charge on any atom is 0.265 e. The lowest BCUT2D eigenvalue weighted by Gasteiger charge is -2.30. The minimum Gasteiger partial charge on any atom is -0.482 e. The van der Waals surface area contributed by atoms with Gasteiger partial charge in [-0.2, -0.15) is 0 Å². The fourth-order valence-corrected chi connectivity index (χ4v) is 2.18. The molecule has 0 aliphatic carbocycles. The summed E-state index contributed by atoms with van der Waals surface area (Å²) in [6.45, 7) is 3.74. The Morgan fingerprint density at radius 2 is 2.26 bits per heavy atom. The van der Waals surface area contributed by atoms with E-state index in [1.807, 2.05) is 31.2 Å². The number of carbonyl (C=O) groups is 1. The minimum absolute atomic E-state index is 0.00666. The molecule has 0 fully saturated rings. The molecule has 1 aromatic carbocycles. The van der Waals surface area contributed by atoms with Gasteiger partial charge in [-0.3, -0.25) is 4.79 Å². The molecule has 0 aromatic heterocycles. The highest BCUT2D eigenvalue weighted by Gasteiger charge is 2.25. The van der Waals surface area contributed by atoms with Crippen LogP contribution in [0.5, 0.6) is 5.75 Å². The van der Waals surface area contributed by atoms with Gasteiger partial charge in [-0.25, -0.2) is 0 Å². The number of ether oxygens (including phenoxy) is 2. The molecule has 1 aromatic rings. The molecular weight excluding hydrogens is 244 g/mol. The van der Waals surface area contributed by atoms with Crippen molar-refractivity contribution >= 4 is 11.6 Å². The predicted octanol–water partition coefficient (Wildman–Crippen LogP) is 1.17. The second kappa shape index (κ2) is 6.54. The third kappa shape index (κ3) is 3.24. The first kappa shape index (κ1) is 13.8. The fraction of sp³-hybridized carbons (Fsp3) is 0.500. The highest BCUT2D eigenvalue weighted by Crippen LogP contribution is 2.31. The van der Waals surface area contributed by atoms with Gasteiger partial charge in [-0.15, -0.1) is 0 Å². The summed E-state index contributed by atoms with van der Waals surface area (Å²) in [6.07, 6.45) is 0.720. The number of nitrogens with zero attached hydrogens (tertiary/aromatic N) is 1. The smallest absolute Gasteiger partial charge is 0.265 e. The van der Waals surface area contributed by atoms with Gasteiger partial charge in [0.05, 0.1) is 11.8 Å². The zero-order chi connectivity index (χ0) is 13.7. The van der Waals surface area contributed by atoms with Crippen molar-refractivity contribution in [1.29, 1.82) is 0 Å². The fourth-order valence-electron chi connectivity index (χ4n) is 2.18. The van der Waals surface area contributed by atoms with Gasteiger partial charge in [-0.1, -0.05) is 12.1 Å². The van der Waals surface area contributed by atoms with Crippen molar-refractivity contribution in [3.8, 4) is 5.75 Å². The number of hydrogen-bond acceptors (Lipinski definition) is 4. The summed E-state index contributed by atoms with van der Waals surface area (Å²) in [5, 5.41) is 0. The average molecular weight is 264 g/mol. The second-order valence-corrected chi connectivity index (χ2v) is 4.40. The number of fused-ring (bicyclic) bond motifs is 1. The van der Waals surface area contributed by atoms with Gasteiger partial charge < -0.3 is 20.1 Å². The van der Waals surface area contributed by atoms with E-state index in [2.05, 4.69) is 0 Å². The Labute approximate surface area is 113 Å². The number of hydrogen-bond donors (Lipinski definition) is 1. The topological polar surface area (TPSA) is 64.8 Å². The molecule has 1 aliphatic heterocycles. The van der Waals surface area contributed by atoms with Crippen LogP contribution in [-0.4, -0.2) is 38.3 Å². The summed E-state index contributed by atoms with van der Waals surface area (Å²) < 4.78 is 10.9. The molecule has 2 rings (SSSR count). The van der Waals surface area contributed by atoms with Crippen LogP contribution >= 0.6 is 0 Å². The Morgan fingerprint density at radius 3 is 3.00 bits per heavy atom. The van der Waals surface area contributed by atoms with Crippen molar-refractivity contribution in [3.63, 3.8) is 0 Å². The van der Waals surface area contributed by atoms with Crippen LogP contribution in [0.15, 0.2) is 24.3 Å². The molecule has 0 spiro atoms. The molecule has 1 heterocycles. The summed E-state index contributed by atoms with van der Waals surface area (Å²) in [5.74, 6) is 0.730. The Kier molecular flexibility index (Phi) is 4.76. The van der Waals surface area contributed by atoms with Crippen molar-refractivity contribution in [3.05, 3.63) is 24.3 Å². The molecule has 19 heavy (non-hydrogen) atoms. The van der Waals surface area contributed by atoms with Crippen LogP contribution in [0.2, 0.25) is 0 Å². The summed E-state index contributed by atoms with van der Waals surface area (Å²) in [4.78, 5) is 13.7. The largest absolute Gasteiger partial charge is 0.482 e. The SMILES string of the molecule is CCOC(CN)CCN1C(=O)COc2ccccc21. The van der Waals surface area contributed by atoms with Gasteiger partial charge >= 0.3 is 0 Å². The average Bonchev–Trinajstić information content (AvgIpc) is 2.45. The number of nitrogens with two attached hydrogens (primary N) is 1. The van der Waals surface area contributed by atoms with Crippen molar-refractivity contribution < 1.29 is 14.3 Å². The molecule has 0 radical (unpaired) electrons. The summed E-state index contributed by atoms with van der Waals surface area (Å²) in [6, 6.07) is 7.56. The van der Waals surface area contributed by atoms with E-state index in [1.54, 1.807) is 4.90 Å². The maximum absolute atomic E-state index is 11.9. The number of para-hydroxylation sites is 2. The number of carbonyl (C=O) groups excluding carboxylic acids is 1. The van der Waals surface area contributed by atoms with Crippen molar-refractivity contribution in [2.45, 2.75) is 19.4 Å². The van der Waals surface area contributed by atoms with Crippen LogP contribution in [0, 0.1) is 0 Å². The number of rotatable bonds is 6. The Balaban J connectivity index is 2.05. The Morgan fingerprint density at radius 1 is 1.47 bits per heavy atom. The zero-order valence-electron chi connectivity index (χ0n) is 11.2. The van der Waals surface area contributed by atoms with E-state index in [9.17, 15) is 4.79 Å². The molecule has 2 N–H and O–H groups in total. The molecular formula is C14H20N2O3. The predicted molar refractivity (Wildman–Crippen MR) is 73.4 cm³/mol. The highest BCUT2D eigenvalue weighted by atomic mass is 16.5. The Bertz CT molecular complexity index is 436. The standard InChI is InChI=1S/C14H20N2O3/c1-2-18-11(9-15)7-8-16-12-5-3-4-6-13(12)19-10-14(16)17/h3-6,11H,2,7-10,15H2,1H3. The van der Waals surface area contributed by atoms with Crippen LogP contribution < -0.4 is 15.4 Å². The zero-order valence-corrected chi connectivity index (χ0v) is 11.2. The summed E-state index contributed by atoms with van der Waals surface area (Å²) >= 11 is 0. The van der Waals surface area contributed by atoms with Gasteiger partial charge in [0, 0.05) is 19.7 Å². The van der Waals surface area contributed by atoms with Crippen LogP contribution in [0.3, 0.4) is 0 Å². The van der Waals surface area contributed by atoms with E-state index >= 15 is 0 Å². The summed E-state index contributed by atoms with van der Waals surface area (Å²) in [7, 11) is 0. The molecule has 1 aliphatic rings. The number of amides is 1. The first-order valence-electron chi connectivity index (χ1n) is 6.60. The van der Waals surface area contributed by atoms with E-state index in [0.29, 0.717) is 19.7 Å². The third-order valence-corrected chi connectivity index (χ3v) is 3.15. The molecule has 1 atom stereocenters. The van der Waals surface area contributed by atoms with Gasteiger partial charge in [0.15, 0.2) is 6.61 Å². The van der Waals surface area contributed by atoms with Crippen molar-refractivity contribution in [1.82, 2.24) is 0 Å². The molecule has 104 valence electrons. The molecule has 5 nitrogen and oxygen atoms in total. The summed E-state index contributed by atoms with van der Waals surface area (Å²) in [5.41, 5.74) is 6.48. The van der Waals surface area contributed by atoms with Gasteiger partial charge in [-0.05, 0) is 25.5 Å². The molecule has 0 bridgehead atoms. The van der Waals surface area contributed by atoms with Crippen LogP contribution in [0.25, 0.3) is 0 Å². The van der Waals surface area contributed by atoms with E-state index in [-0.39, 0.29) is 18.6 Å². The van der Waals surface area contributed by atoms with E-state index in [0.717, 1.165) is 17.9 Å². The molecule has 5 heteroatoms. The molecule has 0 saturated heterocycles. The van der Waals surface area contributed by atoms with Crippen molar-refractivity contribution in [2.75, 3.05) is 31.2 Å². The van der Waals surface area contributed by atoms with Crippen molar-refractivity contribution in [2.24, 2.45) is 5.73 Å². The first-order valence-corrected chi connectivity index (χ1v) is 6.60. The quantitative estimate of drug-likeness (QED) is 0.837. The first-order chi connectivity index (χ1) is 9.26. The van der Waals surface area contributed by atoms with Crippen LogP contribution in [0.1, 0.15) is 13.3 Å². The van der Waals surface area contributed by atoms with Gasteiger partial charge in [0.25, 0.3) is 5.91 Å². The molecule has 1 unspecified atom stereocenters. The highest BCUT2D eigenvalue weighted by molar-refractivity contribution is 5.97. The van der Waals surface area contributed by atoms with E-state index < -0.39 is 0 Å². The van der Waals surface area contributed by atoms with Gasteiger partial charge in [0.2, 0.25) is 0 Å². The minimum atomic E-state index is -0.0223. The van der Waals surface area contributed by atoms with E-state index in [1.165, 1.54) is 0 Å². The molecule has 1 amide bonds. The number of anilines is 1. The van der Waals surface area contributed by atoms with E-state index in [4.69, 9.17) is 15.2 Å². The second-order valence-electron chi connectivity index (χ2n) is 4.40. The lowest BCUT2D eigenvalue weighted by atomic mass is 10.2. The van der Waals surface area contributed by atoms with Gasteiger partial charge in [0.1, 0.15) is 5.75 Å². The maximum atomic E-state index is 11.9.